The van der Waals surface area contributed by atoms with E-state index in [0.717, 1.165) is 40.7 Å². The van der Waals surface area contributed by atoms with Crippen molar-refractivity contribution in [3.8, 4) is 5.75 Å². The van der Waals surface area contributed by atoms with Gasteiger partial charge in [0.25, 0.3) is 0 Å². The van der Waals surface area contributed by atoms with Gasteiger partial charge in [-0.05, 0) is 29.3 Å². The number of ether oxygens (including phenoxy) is 2. The van der Waals surface area contributed by atoms with E-state index in [1.807, 2.05) is 24.3 Å². The van der Waals surface area contributed by atoms with Crippen LogP contribution in [0.25, 0.3) is 16.8 Å². The lowest BCUT2D eigenvalue weighted by molar-refractivity contribution is -0.144. The zero-order valence-electron chi connectivity index (χ0n) is 15.8. The first-order chi connectivity index (χ1) is 12.7. The van der Waals surface area contributed by atoms with E-state index in [4.69, 9.17) is 9.47 Å². The number of hydrogen-bond donors (Lipinski definition) is 0. The molecule has 2 aromatic carbocycles. The van der Waals surface area contributed by atoms with Crippen molar-refractivity contribution in [1.29, 1.82) is 0 Å². The predicted molar refractivity (Wildman–Crippen MR) is 106 cm³/mol. The second-order valence-corrected chi connectivity index (χ2v) is 6.93. The van der Waals surface area contributed by atoms with E-state index in [1.54, 1.807) is 0 Å². The van der Waals surface area contributed by atoms with Crippen LogP contribution in [-0.4, -0.2) is 12.6 Å². The summed E-state index contributed by atoms with van der Waals surface area (Å²) in [4.78, 5) is 11.4. The van der Waals surface area contributed by atoms with Gasteiger partial charge in [-0.15, -0.1) is 0 Å². The van der Waals surface area contributed by atoms with Crippen molar-refractivity contribution in [2.75, 3.05) is 6.61 Å². The summed E-state index contributed by atoms with van der Waals surface area (Å²) in [6.45, 7) is 4.43. The largest absolute Gasteiger partial charge is 0.493 e. The molecule has 3 nitrogen and oxygen atoms in total. The molecule has 0 aliphatic heterocycles. The molecular weight excluding hydrogens is 324 g/mol. The number of carbonyl (C=O) groups excluding carboxylic acids is 1. The fraction of sp³-hybridized carbons (Fsp3) is 0.435. The molecule has 0 heterocycles. The van der Waals surface area contributed by atoms with Crippen molar-refractivity contribution in [2.24, 2.45) is 0 Å². The highest BCUT2D eigenvalue weighted by Crippen LogP contribution is 2.39. The first-order valence-corrected chi connectivity index (χ1v) is 9.74. The van der Waals surface area contributed by atoms with Gasteiger partial charge in [0.2, 0.25) is 0 Å². The summed E-state index contributed by atoms with van der Waals surface area (Å²) in [5, 5.41) is 2.27. The Morgan fingerprint density at radius 3 is 2.65 bits per heavy atom. The lowest BCUT2D eigenvalue weighted by atomic mass is 9.91. The zero-order valence-corrected chi connectivity index (χ0v) is 15.8. The third-order valence-electron chi connectivity index (χ3n) is 4.87. The Labute approximate surface area is 156 Å². The summed E-state index contributed by atoms with van der Waals surface area (Å²) in [5.74, 6) is 0.645. The number of benzene rings is 2. The molecule has 0 bridgehead atoms. The van der Waals surface area contributed by atoms with Crippen LogP contribution >= 0.6 is 0 Å². The highest BCUT2D eigenvalue weighted by Gasteiger charge is 2.22. The zero-order chi connectivity index (χ0) is 18.4. The standard InChI is InChI=1S/C23H28O3/c1-3-4-5-6-7-8-16-25-21-14-12-18-10-9-11-19-22(26-17(2)24)15-13-20(21)23(18)19/h9-15,22H,3-8,16H2,1-2H3. The maximum Gasteiger partial charge on any atom is 0.303 e. The van der Waals surface area contributed by atoms with Crippen LogP contribution in [0.15, 0.2) is 36.4 Å². The fourth-order valence-corrected chi connectivity index (χ4v) is 3.58. The summed E-state index contributed by atoms with van der Waals surface area (Å²) >= 11 is 0. The van der Waals surface area contributed by atoms with Gasteiger partial charge in [0.15, 0.2) is 0 Å². The molecule has 0 fully saturated rings. The van der Waals surface area contributed by atoms with Crippen LogP contribution in [0.1, 0.15) is 69.6 Å². The van der Waals surface area contributed by atoms with Crippen molar-refractivity contribution >= 4 is 22.8 Å². The summed E-state index contributed by atoms with van der Waals surface area (Å²) in [6, 6.07) is 10.3. The molecule has 0 spiro atoms. The van der Waals surface area contributed by atoms with E-state index in [9.17, 15) is 4.79 Å². The van der Waals surface area contributed by atoms with Crippen LogP contribution in [0.4, 0.5) is 0 Å². The minimum absolute atomic E-state index is 0.268. The molecule has 0 N–H and O–H groups in total. The minimum atomic E-state index is -0.322. The van der Waals surface area contributed by atoms with Gasteiger partial charge in [0.05, 0.1) is 6.61 Å². The molecule has 26 heavy (non-hydrogen) atoms. The number of rotatable bonds is 9. The first kappa shape index (κ1) is 18.5. The van der Waals surface area contributed by atoms with Crippen molar-refractivity contribution < 1.29 is 14.3 Å². The molecule has 1 aliphatic carbocycles. The first-order valence-electron chi connectivity index (χ1n) is 9.74. The molecule has 0 radical (unpaired) electrons. The smallest absolute Gasteiger partial charge is 0.303 e. The summed E-state index contributed by atoms with van der Waals surface area (Å²) < 4.78 is 11.5. The Bertz CT molecular complexity index is 791. The quantitative estimate of drug-likeness (QED) is 0.397. The second-order valence-electron chi connectivity index (χ2n) is 6.93. The van der Waals surface area contributed by atoms with Crippen molar-refractivity contribution in [1.82, 2.24) is 0 Å². The van der Waals surface area contributed by atoms with E-state index in [1.165, 1.54) is 39.0 Å². The fourth-order valence-electron chi connectivity index (χ4n) is 3.58. The molecule has 0 saturated carbocycles. The van der Waals surface area contributed by atoms with Crippen molar-refractivity contribution in [3.05, 3.63) is 47.5 Å². The van der Waals surface area contributed by atoms with E-state index in [2.05, 4.69) is 25.1 Å². The molecule has 0 saturated heterocycles. The van der Waals surface area contributed by atoms with Crippen LogP contribution < -0.4 is 4.74 Å². The van der Waals surface area contributed by atoms with Gasteiger partial charge in [0, 0.05) is 18.1 Å². The topological polar surface area (TPSA) is 35.5 Å². The highest BCUT2D eigenvalue weighted by atomic mass is 16.5. The van der Waals surface area contributed by atoms with Gasteiger partial charge in [-0.25, -0.2) is 0 Å². The molecule has 1 unspecified atom stereocenters. The second kappa shape index (κ2) is 8.88. The van der Waals surface area contributed by atoms with E-state index < -0.39 is 0 Å². The monoisotopic (exact) mass is 352 g/mol. The van der Waals surface area contributed by atoms with Crippen LogP contribution in [0.5, 0.6) is 5.75 Å². The molecular formula is C23H28O3. The molecule has 0 aromatic heterocycles. The van der Waals surface area contributed by atoms with Crippen LogP contribution in [0.2, 0.25) is 0 Å². The Morgan fingerprint density at radius 2 is 1.85 bits per heavy atom. The van der Waals surface area contributed by atoms with E-state index >= 15 is 0 Å². The lowest BCUT2D eigenvalue weighted by Gasteiger charge is -2.22. The molecule has 1 aliphatic rings. The number of carbonyl (C=O) groups is 1. The highest BCUT2D eigenvalue weighted by molar-refractivity contribution is 5.97. The Morgan fingerprint density at radius 1 is 1.04 bits per heavy atom. The van der Waals surface area contributed by atoms with Gasteiger partial charge in [-0.1, -0.05) is 69.4 Å². The number of esters is 1. The van der Waals surface area contributed by atoms with E-state index in [-0.39, 0.29) is 12.1 Å². The van der Waals surface area contributed by atoms with Gasteiger partial charge in [-0.2, -0.15) is 0 Å². The number of unbranched alkanes of at least 4 members (excludes halogenated alkanes) is 5. The van der Waals surface area contributed by atoms with Gasteiger partial charge in [-0.3, -0.25) is 4.79 Å². The van der Waals surface area contributed by atoms with Crippen molar-refractivity contribution in [2.45, 2.75) is 58.5 Å². The molecule has 3 heteroatoms. The molecule has 2 aromatic rings. The summed E-state index contributed by atoms with van der Waals surface area (Å²) in [5.41, 5.74) is 2.12. The Kier molecular flexibility index (Phi) is 6.32. The maximum atomic E-state index is 11.4. The van der Waals surface area contributed by atoms with Crippen LogP contribution in [-0.2, 0) is 9.53 Å². The Hall–Kier alpha value is -2.29. The summed E-state index contributed by atoms with van der Waals surface area (Å²) in [6.07, 6.45) is 11.2. The lowest BCUT2D eigenvalue weighted by Crippen LogP contribution is -2.10. The van der Waals surface area contributed by atoms with Crippen LogP contribution in [0.3, 0.4) is 0 Å². The molecule has 1 atom stereocenters. The number of hydrogen-bond acceptors (Lipinski definition) is 3. The van der Waals surface area contributed by atoms with E-state index in [0.29, 0.717) is 0 Å². The normalized spacial score (nSPS) is 15.2. The van der Waals surface area contributed by atoms with Gasteiger partial charge < -0.3 is 9.47 Å². The SMILES string of the molecule is CCCCCCCCOc1ccc2cccc3c2c1C=CC3OC(C)=O. The van der Waals surface area contributed by atoms with Crippen LogP contribution in [0, 0.1) is 0 Å². The average Bonchev–Trinajstić information content (AvgIpc) is 2.64. The predicted octanol–water partition coefficient (Wildman–Crippen LogP) is 6.21. The molecule has 138 valence electrons. The third-order valence-corrected chi connectivity index (χ3v) is 4.87. The van der Waals surface area contributed by atoms with Gasteiger partial charge in [0.1, 0.15) is 11.9 Å². The summed E-state index contributed by atoms with van der Waals surface area (Å²) in [7, 11) is 0. The minimum Gasteiger partial charge on any atom is -0.493 e. The third kappa shape index (κ3) is 4.27. The van der Waals surface area contributed by atoms with Gasteiger partial charge >= 0.3 is 5.97 Å². The maximum absolute atomic E-state index is 11.4. The molecule has 0 amide bonds. The Balaban J connectivity index is 1.72. The average molecular weight is 352 g/mol. The molecule has 3 rings (SSSR count). The van der Waals surface area contributed by atoms with Crippen molar-refractivity contribution in [3.63, 3.8) is 0 Å².